The van der Waals surface area contributed by atoms with E-state index in [0.717, 1.165) is 0 Å². The fourth-order valence-corrected chi connectivity index (χ4v) is 2.27. The van der Waals surface area contributed by atoms with Gasteiger partial charge in [-0.05, 0) is 23.6 Å². The van der Waals surface area contributed by atoms with Crippen molar-refractivity contribution >= 4 is 22.6 Å². The monoisotopic (exact) mass is 308 g/mol. The maximum Gasteiger partial charge on any atom is 0.0337 e. The lowest BCUT2D eigenvalue weighted by molar-refractivity contribution is 1.15. The molecule has 0 heterocycles. The molecule has 0 bridgehead atoms. The Morgan fingerprint density at radius 1 is 0.867 bits per heavy atom. The summed E-state index contributed by atoms with van der Waals surface area (Å²) in [6.45, 7) is 2.22. The molecule has 0 aromatic heterocycles. The molecule has 0 spiro atoms. The maximum atomic E-state index is 2.46. The normalized spacial score (nSPS) is 12.4. The van der Waals surface area contributed by atoms with Crippen LogP contribution in [0.2, 0.25) is 0 Å². The van der Waals surface area contributed by atoms with Crippen molar-refractivity contribution in [2.24, 2.45) is 0 Å². The number of halogens is 1. The minimum atomic E-state index is 0.541. The van der Waals surface area contributed by atoms with E-state index in [1.54, 1.807) is 0 Å². The molecule has 1 unspecified atom stereocenters. The van der Waals surface area contributed by atoms with Crippen molar-refractivity contribution in [3.8, 4) is 11.1 Å². The van der Waals surface area contributed by atoms with Crippen LogP contribution in [0.3, 0.4) is 0 Å². The average Bonchev–Trinajstić information content (AvgIpc) is 2.30. The molecule has 2 aromatic rings. The molecular formula is C14H13I. The summed E-state index contributed by atoms with van der Waals surface area (Å²) in [7, 11) is 0. The second-order valence-electron chi connectivity index (χ2n) is 3.57. The second kappa shape index (κ2) is 4.79. The Balaban J connectivity index is 2.53. The van der Waals surface area contributed by atoms with Crippen molar-refractivity contribution < 1.29 is 0 Å². The molecule has 76 valence electrons. The molecule has 1 atom stereocenters. The van der Waals surface area contributed by atoms with Crippen molar-refractivity contribution in [3.05, 3.63) is 60.2 Å². The first kappa shape index (κ1) is 10.7. The predicted molar refractivity (Wildman–Crippen MR) is 74.3 cm³/mol. The first-order valence-electron chi connectivity index (χ1n) is 5.07. The Morgan fingerprint density at radius 3 is 2.13 bits per heavy atom. The van der Waals surface area contributed by atoms with E-state index in [1.807, 2.05) is 0 Å². The van der Waals surface area contributed by atoms with Crippen LogP contribution in [0, 0.1) is 0 Å². The summed E-state index contributed by atoms with van der Waals surface area (Å²) in [6, 6.07) is 19.2. The summed E-state index contributed by atoms with van der Waals surface area (Å²) in [4.78, 5) is 0. The third-order valence-corrected chi connectivity index (χ3v) is 3.15. The molecule has 0 fully saturated rings. The highest BCUT2D eigenvalue weighted by molar-refractivity contribution is 14.1. The molecule has 0 saturated heterocycles. The highest BCUT2D eigenvalue weighted by Crippen LogP contribution is 2.32. The van der Waals surface area contributed by atoms with E-state index in [9.17, 15) is 0 Å². The van der Waals surface area contributed by atoms with Crippen molar-refractivity contribution in [3.63, 3.8) is 0 Å². The van der Waals surface area contributed by atoms with Gasteiger partial charge in [0.2, 0.25) is 0 Å². The number of alkyl halides is 1. The molecule has 0 nitrogen and oxygen atoms in total. The number of hydrogen-bond acceptors (Lipinski definition) is 0. The van der Waals surface area contributed by atoms with Gasteiger partial charge in [-0.15, -0.1) is 0 Å². The van der Waals surface area contributed by atoms with Gasteiger partial charge >= 0.3 is 0 Å². The first-order valence-corrected chi connectivity index (χ1v) is 6.32. The Morgan fingerprint density at radius 2 is 1.47 bits per heavy atom. The summed E-state index contributed by atoms with van der Waals surface area (Å²) in [6.07, 6.45) is 0. The minimum Gasteiger partial charge on any atom is -0.0777 e. The van der Waals surface area contributed by atoms with Crippen LogP contribution in [-0.4, -0.2) is 0 Å². The third-order valence-electron chi connectivity index (χ3n) is 2.47. The molecule has 0 N–H and O–H groups in total. The van der Waals surface area contributed by atoms with E-state index in [1.165, 1.54) is 16.7 Å². The van der Waals surface area contributed by atoms with Gasteiger partial charge in [0.25, 0.3) is 0 Å². The van der Waals surface area contributed by atoms with E-state index < -0.39 is 0 Å². The van der Waals surface area contributed by atoms with Crippen LogP contribution in [0.5, 0.6) is 0 Å². The number of hydrogen-bond donors (Lipinski definition) is 0. The molecule has 0 saturated carbocycles. The van der Waals surface area contributed by atoms with E-state index in [4.69, 9.17) is 0 Å². The molecule has 2 aromatic carbocycles. The maximum absolute atomic E-state index is 2.46. The van der Waals surface area contributed by atoms with Crippen molar-refractivity contribution in [1.82, 2.24) is 0 Å². The number of rotatable bonds is 2. The molecule has 15 heavy (non-hydrogen) atoms. The van der Waals surface area contributed by atoms with Gasteiger partial charge in [0, 0.05) is 3.92 Å². The van der Waals surface area contributed by atoms with Gasteiger partial charge in [-0.3, -0.25) is 0 Å². The zero-order valence-electron chi connectivity index (χ0n) is 8.65. The Hall–Kier alpha value is -0.830. The lowest BCUT2D eigenvalue weighted by atomic mass is 9.98. The molecule has 0 aliphatic rings. The minimum absolute atomic E-state index is 0.541. The van der Waals surface area contributed by atoms with Gasteiger partial charge in [-0.25, -0.2) is 0 Å². The van der Waals surface area contributed by atoms with Gasteiger partial charge in [0.15, 0.2) is 0 Å². The van der Waals surface area contributed by atoms with E-state index in [-0.39, 0.29) is 0 Å². The van der Waals surface area contributed by atoms with Gasteiger partial charge in [0.1, 0.15) is 0 Å². The smallest absolute Gasteiger partial charge is 0.0337 e. The lowest BCUT2D eigenvalue weighted by Crippen LogP contribution is -1.88. The van der Waals surface area contributed by atoms with Gasteiger partial charge < -0.3 is 0 Å². The molecule has 0 aliphatic carbocycles. The van der Waals surface area contributed by atoms with Crippen LogP contribution in [0.15, 0.2) is 54.6 Å². The molecule has 1 heteroatoms. The summed E-state index contributed by atoms with van der Waals surface area (Å²) in [5, 5.41) is 0. The quantitative estimate of drug-likeness (QED) is 0.549. The summed E-state index contributed by atoms with van der Waals surface area (Å²) >= 11 is 2.46. The lowest BCUT2D eigenvalue weighted by Gasteiger charge is -2.11. The summed E-state index contributed by atoms with van der Waals surface area (Å²) in [5.74, 6) is 0. The van der Waals surface area contributed by atoms with Gasteiger partial charge in [-0.2, -0.15) is 0 Å². The van der Waals surface area contributed by atoms with Gasteiger partial charge in [-0.1, -0.05) is 77.2 Å². The standard InChI is InChI=1S/C14H13I/c1-11(15)13-9-5-6-10-14(13)12-7-3-2-4-8-12/h2-11H,1H3. The van der Waals surface area contributed by atoms with Crippen molar-refractivity contribution in [2.75, 3.05) is 0 Å². The SMILES string of the molecule is CC(I)c1ccccc1-c1ccccc1. The van der Waals surface area contributed by atoms with Crippen LogP contribution in [0.25, 0.3) is 11.1 Å². The summed E-state index contributed by atoms with van der Waals surface area (Å²) < 4.78 is 0.541. The molecular weight excluding hydrogens is 295 g/mol. The van der Waals surface area contributed by atoms with Crippen LogP contribution in [0.4, 0.5) is 0 Å². The Labute approximate surface area is 104 Å². The highest BCUT2D eigenvalue weighted by atomic mass is 127. The van der Waals surface area contributed by atoms with Crippen molar-refractivity contribution in [1.29, 1.82) is 0 Å². The second-order valence-corrected chi connectivity index (χ2v) is 5.44. The third kappa shape index (κ3) is 2.40. The zero-order valence-corrected chi connectivity index (χ0v) is 10.8. The Kier molecular flexibility index (Phi) is 3.41. The molecule has 0 amide bonds. The fraction of sp³-hybridized carbons (Fsp3) is 0.143. The van der Waals surface area contributed by atoms with Crippen molar-refractivity contribution in [2.45, 2.75) is 10.8 Å². The highest BCUT2D eigenvalue weighted by Gasteiger charge is 2.07. The van der Waals surface area contributed by atoms with E-state index >= 15 is 0 Å². The Bertz CT molecular complexity index is 432. The first-order chi connectivity index (χ1) is 7.29. The van der Waals surface area contributed by atoms with E-state index in [2.05, 4.69) is 84.1 Å². The number of benzene rings is 2. The van der Waals surface area contributed by atoms with E-state index in [0.29, 0.717) is 3.92 Å². The van der Waals surface area contributed by atoms with Crippen LogP contribution in [-0.2, 0) is 0 Å². The van der Waals surface area contributed by atoms with Crippen LogP contribution in [0.1, 0.15) is 16.4 Å². The van der Waals surface area contributed by atoms with Gasteiger partial charge in [0.05, 0.1) is 0 Å². The predicted octanol–water partition coefficient (Wildman–Crippen LogP) is 4.85. The molecule has 0 aliphatic heterocycles. The molecule has 0 radical (unpaired) electrons. The van der Waals surface area contributed by atoms with Crippen LogP contribution < -0.4 is 0 Å². The average molecular weight is 308 g/mol. The molecule has 2 rings (SSSR count). The zero-order chi connectivity index (χ0) is 10.7. The topological polar surface area (TPSA) is 0 Å². The largest absolute Gasteiger partial charge is 0.0777 e. The fourth-order valence-electron chi connectivity index (χ4n) is 1.72. The van der Waals surface area contributed by atoms with Crippen LogP contribution >= 0.6 is 22.6 Å². The summed E-state index contributed by atoms with van der Waals surface area (Å²) in [5.41, 5.74) is 4.06.